The van der Waals surface area contributed by atoms with E-state index in [1.54, 1.807) is 13.8 Å². The summed E-state index contributed by atoms with van der Waals surface area (Å²) in [5.41, 5.74) is -4.17. The number of carboxylic acids is 1. The monoisotopic (exact) mass is 278 g/mol. The molecule has 0 amide bonds. The van der Waals surface area contributed by atoms with Crippen LogP contribution in [0.3, 0.4) is 0 Å². The van der Waals surface area contributed by atoms with Gasteiger partial charge in [0.25, 0.3) is 0 Å². The van der Waals surface area contributed by atoms with Crippen molar-refractivity contribution in [3.63, 3.8) is 0 Å². The Bertz CT molecular complexity index is 372. The summed E-state index contributed by atoms with van der Waals surface area (Å²) in [7, 11) is 0. The zero-order valence-corrected chi connectivity index (χ0v) is 10.6. The molecule has 0 unspecified atom stereocenters. The highest BCUT2D eigenvalue weighted by molar-refractivity contribution is 5.79. The first-order valence-corrected chi connectivity index (χ1v) is 5.97. The number of carbonyl (C=O) groups is 1. The molecule has 3 aliphatic heterocycles. The van der Waals surface area contributed by atoms with Gasteiger partial charge in [-0.1, -0.05) is 0 Å². The molecule has 0 radical (unpaired) electrons. The van der Waals surface area contributed by atoms with E-state index in [2.05, 4.69) is 0 Å². The van der Waals surface area contributed by atoms with Crippen molar-refractivity contribution < 1.29 is 39.4 Å². The second kappa shape index (κ2) is 4.65. The van der Waals surface area contributed by atoms with E-state index in [4.69, 9.17) is 14.2 Å². The summed E-state index contributed by atoms with van der Waals surface area (Å²) in [6, 6.07) is 0. The number of fused-ring (bicyclic) bond motifs is 4. The minimum Gasteiger partial charge on any atom is -0.479 e. The quantitative estimate of drug-likeness (QED) is 0.470. The molecule has 4 N–H and O–H groups in total. The molecule has 0 aromatic heterocycles. The molecule has 19 heavy (non-hydrogen) atoms. The molecule has 0 spiro atoms. The maximum absolute atomic E-state index is 11.4. The highest BCUT2D eigenvalue weighted by Gasteiger charge is 2.67. The molecule has 0 aliphatic carbocycles. The van der Waals surface area contributed by atoms with Crippen LogP contribution in [0, 0.1) is 0 Å². The van der Waals surface area contributed by atoms with Crippen molar-refractivity contribution in [1.82, 2.24) is 0 Å². The Balaban J connectivity index is 2.42. The van der Waals surface area contributed by atoms with Gasteiger partial charge in [0.1, 0.15) is 12.2 Å². The lowest BCUT2D eigenvalue weighted by atomic mass is 9.81. The molecule has 5 atom stereocenters. The number of aliphatic carboxylic acids is 1. The van der Waals surface area contributed by atoms with Gasteiger partial charge in [-0.15, -0.1) is 0 Å². The zero-order chi connectivity index (χ0) is 14.4. The lowest BCUT2D eigenvalue weighted by Gasteiger charge is -2.48. The SMILES string of the molecule is CC(C)O[C@@H]1O[C@]2(C(=O)O)COC[C@@]1(O)[C@@H](O)[C@@H]2O. The molecule has 3 heterocycles. The molecule has 3 rings (SSSR count). The lowest BCUT2D eigenvalue weighted by Crippen LogP contribution is -2.73. The van der Waals surface area contributed by atoms with E-state index in [1.165, 1.54) is 0 Å². The van der Waals surface area contributed by atoms with Crippen molar-refractivity contribution in [2.24, 2.45) is 0 Å². The third kappa shape index (κ3) is 2.04. The number of ether oxygens (including phenoxy) is 3. The van der Waals surface area contributed by atoms with Crippen LogP contribution in [0.5, 0.6) is 0 Å². The van der Waals surface area contributed by atoms with Crippen LogP contribution in [0.4, 0.5) is 0 Å². The molecule has 3 aliphatic rings. The number of carboxylic acid groups (broad SMARTS) is 1. The van der Waals surface area contributed by atoms with Gasteiger partial charge < -0.3 is 34.6 Å². The standard InChI is InChI=1S/C11H18O8/c1-5(2)18-9-10(16)3-17-4-11(19-9,8(14)15)7(13)6(10)12/h5-7,9,12-13,16H,3-4H2,1-2H3,(H,14,15)/t6-,7-,9+,10+,11+/m0/s1. The lowest BCUT2D eigenvalue weighted by molar-refractivity contribution is -0.354. The van der Waals surface area contributed by atoms with Crippen molar-refractivity contribution in [3.8, 4) is 0 Å². The number of aliphatic hydroxyl groups is 3. The molecule has 0 aromatic rings. The average Bonchev–Trinajstić information content (AvgIpc) is 2.50. The number of rotatable bonds is 3. The summed E-state index contributed by atoms with van der Waals surface area (Å²) >= 11 is 0. The van der Waals surface area contributed by atoms with Crippen LogP contribution in [0.15, 0.2) is 0 Å². The normalized spacial score (nSPS) is 46.3. The van der Waals surface area contributed by atoms with E-state index in [0.717, 1.165) is 0 Å². The Hall–Kier alpha value is -0.770. The van der Waals surface area contributed by atoms with Crippen molar-refractivity contribution in [3.05, 3.63) is 0 Å². The van der Waals surface area contributed by atoms with Gasteiger partial charge in [-0.3, -0.25) is 0 Å². The molecule has 110 valence electrons. The van der Waals surface area contributed by atoms with Crippen LogP contribution in [0.1, 0.15) is 13.8 Å². The second-order valence-corrected chi connectivity index (χ2v) is 5.20. The smallest absolute Gasteiger partial charge is 0.341 e. The molecule has 0 saturated carbocycles. The van der Waals surface area contributed by atoms with Gasteiger partial charge in [-0.2, -0.15) is 0 Å². The fraction of sp³-hybridized carbons (Fsp3) is 0.909. The van der Waals surface area contributed by atoms with Crippen LogP contribution in [-0.2, 0) is 19.0 Å². The van der Waals surface area contributed by atoms with E-state index in [-0.39, 0.29) is 6.10 Å². The van der Waals surface area contributed by atoms with Crippen LogP contribution in [0.2, 0.25) is 0 Å². The minimum atomic E-state index is -2.15. The van der Waals surface area contributed by atoms with Gasteiger partial charge in [-0.25, -0.2) is 4.79 Å². The fourth-order valence-corrected chi connectivity index (χ4v) is 2.30. The summed E-state index contributed by atoms with van der Waals surface area (Å²) in [4.78, 5) is 11.4. The van der Waals surface area contributed by atoms with E-state index < -0.39 is 48.9 Å². The van der Waals surface area contributed by atoms with Gasteiger partial charge in [0.15, 0.2) is 11.9 Å². The van der Waals surface area contributed by atoms with Gasteiger partial charge in [-0.05, 0) is 13.8 Å². The van der Waals surface area contributed by atoms with Crippen LogP contribution in [0.25, 0.3) is 0 Å². The maximum atomic E-state index is 11.4. The Morgan fingerprint density at radius 3 is 2.47 bits per heavy atom. The largest absolute Gasteiger partial charge is 0.479 e. The average molecular weight is 278 g/mol. The van der Waals surface area contributed by atoms with E-state index in [1.807, 2.05) is 0 Å². The second-order valence-electron chi connectivity index (χ2n) is 5.20. The molecule has 2 bridgehead atoms. The summed E-state index contributed by atoms with van der Waals surface area (Å²) in [6.45, 7) is 2.46. The third-order valence-electron chi connectivity index (χ3n) is 3.42. The fourth-order valence-electron chi connectivity index (χ4n) is 2.30. The topological polar surface area (TPSA) is 126 Å². The van der Waals surface area contributed by atoms with E-state index in [0.29, 0.717) is 0 Å². The summed E-state index contributed by atoms with van der Waals surface area (Å²) in [5, 5.41) is 39.5. The van der Waals surface area contributed by atoms with Crippen LogP contribution >= 0.6 is 0 Å². The van der Waals surface area contributed by atoms with Gasteiger partial charge in [0.05, 0.1) is 19.3 Å². The predicted octanol–water partition coefficient (Wildman–Crippen LogP) is -1.93. The maximum Gasteiger partial charge on any atom is 0.341 e. The van der Waals surface area contributed by atoms with Crippen molar-refractivity contribution >= 4 is 5.97 Å². The number of aliphatic hydroxyl groups excluding tert-OH is 2. The van der Waals surface area contributed by atoms with Crippen molar-refractivity contribution in [2.45, 2.75) is 49.7 Å². The molecular weight excluding hydrogens is 260 g/mol. The number of hydrogen-bond acceptors (Lipinski definition) is 7. The predicted molar refractivity (Wildman–Crippen MR) is 59.2 cm³/mol. The molecular formula is C11H18O8. The Morgan fingerprint density at radius 1 is 1.32 bits per heavy atom. The number of hydrogen-bond donors (Lipinski definition) is 4. The van der Waals surface area contributed by atoms with Gasteiger partial charge >= 0.3 is 5.97 Å². The first kappa shape index (κ1) is 14.6. The Labute approximate surface area is 109 Å². The highest BCUT2D eigenvalue weighted by atomic mass is 16.7. The summed E-state index contributed by atoms with van der Waals surface area (Å²) in [6.07, 6.45) is -5.33. The minimum absolute atomic E-state index is 0.372. The first-order chi connectivity index (χ1) is 8.74. The molecule has 3 fully saturated rings. The first-order valence-electron chi connectivity index (χ1n) is 5.97. The third-order valence-corrected chi connectivity index (χ3v) is 3.42. The van der Waals surface area contributed by atoms with Gasteiger partial charge in [0.2, 0.25) is 5.60 Å². The molecule has 8 heteroatoms. The molecule has 0 aromatic carbocycles. The van der Waals surface area contributed by atoms with Crippen LogP contribution < -0.4 is 0 Å². The van der Waals surface area contributed by atoms with Crippen molar-refractivity contribution in [2.75, 3.05) is 13.2 Å². The molecule has 8 nitrogen and oxygen atoms in total. The summed E-state index contributed by atoms with van der Waals surface area (Å²) in [5.74, 6) is -1.49. The van der Waals surface area contributed by atoms with Crippen molar-refractivity contribution in [1.29, 1.82) is 0 Å². The van der Waals surface area contributed by atoms with Gasteiger partial charge in [0, 0.05) is 0 Å². The van der Waals surface area contributed by atoms with Crippen LogP contribution in [-0.4, -0.2) is 75.4 Å². The zero-order valence-electron chi connectivity index (χ0n) is 10.6. The summed E-state index contributed by atoms with van der Waals surface area (Å²) < 4.78 is 15.6. The van der Waals surface area contributed by atoms with E-state index >= 15 is 0 Å². The molecule has 3 saturated heterocycles. The Kier molecular flexibility index (Phi) is 3.58. The highest BCUT2D eigenvalue weighted by Crippen LogP contribution is 2.40. The Morgan fingerprint density at radius 2 is 1.95 bits per heavy atom. The van der Waals surface area contributed by atoms with E-state index in [9.17, 15) is 25.2 Å².